The molecule has 0 saturated carbocycles. The van der Waals surface area contributed by atoms with Gasteiger partial charge in [-0.1, -0.05) is 6.07 Å². The molecule has 2 heterocycles. The van der Waals surface area contributed by atoms with Crippen molar-refractivity contribution in [2.75, 3.05) is 11.1 Å². The molecule has 0 fully saturated rings. The van der Waals surface area contributed by atoms with Gasteiger partial charge in [0.25, 0.3) is 0 Å². The second-order valence-corrected chi connectivity index (χ2v) is 4.87. The van der Waals surface area contributed by atoms with Gasteiger partial charge in [-0.05, 0) is 39.0 Å². The highest BCUT2D eigenvalue weighted by Crippen LogP contribution is 2.24. The fourth-order valence-electron chi connectivity index (χ4n) is 1.79. The molecule has 3 N–H and O–H groups in total. The third-order valence-corrected chi connectivity index (χ3v) is 2.74. The maximum absolute atomic E-state index is 5.95. The monoisotopic (exact) mass is 272 g/mol. The molecule has 0 radical (unpaired) electrons. The minimum atomic E-state index is 0.0142. The fraction of sp³-hybridized carbons (Fsp3) is 0.333. The quantitative estimate of drug-likeness (QED) is 0.875. The molecular formula is C15H20N4O. The molecule has 1 unspecified atom stereocenters. The highest BCUT2D eigenvalue weighted by Gasteiger charge is 2.11. The minimum absolute atomic E-state index is 0.0142. The van der Waals surface area contributed by atoms with Crippen LogP contribution in [0.4, 0.5) is 11.5 Å². The van der Waals surface area contributed by atoms with Crippen molar-refractivity contribution < 1.29 is 4.74 Å². The van der Waals surface area contributed by atoms with E-state index >= 15 is 0 Å². The molecule has 2 aromatic rings. The smallest absolute Gasteiger partial charge is 0.215 e. The van der Waals surface area contributed by atoms with Gasteiger partial charge in [0.2, 0.25) is 5.88 Å². The summed E-state index contributed by atoms with van der Waals surface area (Å²) in [5, 5.41) is 3.26. The summed E-state index contributed by atoms with van der Waals surface area (Å²) in [6, 6.07) is 9.38. The Balaban J connectivity index is 2.16. The van der Waals surface area contributed by atoms with E-state index in [2.05, 4.69) is 15.3 Å². The van der Waals surface area contributed by atoms with Gasteiger partial charge in [-0.25, -0.2) is 0 Å². The molecule has 1 atom stereocenters. The Morgan fingerprint density at radius 2 is 1.95 bits per heavy atom. The predicted molar refractivity (Wildman–Crippen MR) is 80.7 cm³/mol. The summed E-state index contributed by atoms with van der Waals surface area (Å²) in [6.07, 6.45) is 1.84. The van der Waals surface area contributed by atoms with Crippen LogP contribution < -0.4 is 15.8 Å². The van der Waals surface area contributed by atoms with Crippen molar-refractivity contribution in [3.8, 4) is 5.88 Å². The third kappa shape index (κ3) is 3.60. The van der Waals surface area contributed by atoms with Crippen LogP contribution in [0.3, 0.4) is 0 Å². The van der Waals surface area contributed by atoms with Gasteiger partial charge in [0, 0.05) is 12.3 Å². The van der Waals surface area contributed by atoms with Crippen molar-refractivity contribution in [1.29, 1.82) is 0 Å². The molecule has 0 aliphatic heterocycles. The van der Waals surface area contributed by atoms with Crippen LogP contribution in [0.15, 0.2) is 36.5 Å². The van der Waals surface area contributed by atoms with E-state index in [0.717, 1.165) is 5.69 Å². The topological polar surface area (TPSA) is 73.1 Å². The van der Waals surface area contributed by atoms with Gasteiger partial charge in [0.15, 0.2) is 5.82 Å². The van der Waals surface area contributed by atoms with E-state index in [1.165, 1.54) is 0 Å². The Kier molecular flexibility index (Phi) is 4.40. The normalized spacial score (nSPS) is 12.2. The van der Waals surface area contributed by atoms with Gasteiger partial charge in [-0.3, -0.25) is 4.98 Å². The number of hydrogen-bond donors (Lipinski definition) is 2. The molecule has 106 valence electrons. The van der Waals surface area contributed by atoms with Gasteiger partial charge in [0.1, 0.15) is 0 Å². The molecule has 0 aliphatic carbocycles. The van der Waals surface area contributed by atoms with Crippen molar-refractivity contribution in [3.63, 3.8) is 0 Å². The van der Waals surface area contributed by atoms with Crippen LogP contribution in [0.25, 0.3) is 0 Å². The summed E-state index contributed by atoms with van der Waals surface area (Å²) in [4.78, 5) is 8.70. The van der Waals surface area contributed by atoms with Crippen molar-refractivity contribution >= 4 is 11.5 Å². The van der Waals surface area contributed by atoms with E-state index in [0.29, 0.717) is 17.4 Å². The molecule has 0 spiro atoms. The lowest BCUT2D eigenvalue weighted by molar-refractivity contribution is 0.233. The van der Waals surface area contributed by atoms with Crippen molar-refractivity contribution in [2.24, 2.45) is 0 Å². The number of aromatic nitrogens is 2. The Morgan fingerprint density at radius 1 is 1.15 bits per heavy atom. The molecule has 20 heavy (non-hydrogen) atoms. The first-order valence-corrected chi connectivity index (χ1v) is 6.67. The molecule has 5 heteroatoms. The summed E-state index contributed by atoms with van der Waals surface area (Å²) in [5.74, 6) is 1.17. The van der Waals surface area contributed by atoms with Crippen LogP contribution in [0.1, 0.15) is 32.5 Å². The number of nitrogens with zero attached hydrogens (tertiary/aromatic N) is 2. The highest BCUT2D eigenvalue weighted by molar-refractivity contribution is 5.62. The number of hydrogen-bond acceptors (Lipinski definition) is 5. The molecule has 5 nitrogen and oxygen atoms in total. The summed E-state index contributed by atoms with van der Waals surface area (Å²) in [5.41, 5.74) is 7.47. The standard InChI is InChI=1S/C15H20N4O/c1-10(2)20-14-8-7-12(16)15(19-14)18-11(3)13-6-4-5-9-17-13/h4-11H,16H2,1-3H3,(H,18,19). The highest BCUT2D eigenvalue weighted by atomic mass is 16.5. The SMILES string of the molecule is CC(C)Oc1ccc(N)c(NC(C)c2ccccn2)n1. The molecule has 0 aliphatic rings. The average Bonchev–Trinajstić information content (AvgIpc) is 2.43. The Labute approximate surface area is 119 Å². The van der Waals surface area contributed by atoms with Gasteiger partial charge in [0.05, 0.1) is 23.5 Å². The van der Waals surface area contributed by atoms with E-state index in [-0.39, 0.29) is 12.1 Å². The van der Waals surface area contributed by atoms with E-state index < -0.39 is 0 Å². The number of anilines is 2. The van der Waals surface area contributed by atoms with Crippen molar-refractivity contribution in [2.45, 2.75) is 32.9 Å². The lowest BCUT2D eigenvalue weighted by atomic mass is 10.2. The van der Waals surface area contributed by atoms with Crippen LogP contribution in [-0.4, -0.2) is 16.1 Å². The Bertz CT molecular complexity index is 557. The van der Waals surface area contributed by atoms with Crippen molar-refractivity contribution in [3.05, 3.63) is 42.2 Å². The first kappa shape index (κ1) is 14.1. The Hall–Kier alpha value is -2.30. The lowest BCUT2D eigenvalue weighted by Gasteiger charge is -2.17. The molecule has 2 aromatic heterocycles. The summed E-state index contributed by atoms with van der Waals surface area (Å²) < 4.78 is 5.57. The first-order valence-electron chi connectivity index (χ1n) is 6.67. The van der Waals surface area contributed by atoms with Crippen LogP contribution in [0, 0.1) is 0 Å². The zero-order valence-corrected chi connectivity index (χ0v) is 12.0. The predicted octanol–water partition coefficient (Wildman–Crippen LogP) is 3.02. The number of nitrogens with one attached hydrogen (secondary N) is 1. The third-order valence-electron chi connectivity index (χ3n) is 2.74. The Morgan fingerprint density at radius 3 is 2.60 bits per heavy atom. The summed E-state index contributed by atoms with van der Waals surface area (Å²) in [7, 11) is 0. The maximum Gasteiger partial charge on any atom is 0.215 e. The van der Waals surface area contributed by atoms with E-state index in [1.807, 2.05) is 39.0 Å². The van der Waals surface area contributed by atoms with Crippen molar-refractivity contribution in [1.82, 2.24) is 9.97 Å². The molecule has 0 bridgehead atoms. The summed E-state index contributed by atoms with van der Waals surface area (Å²) >= 11 is 0. The molecule has 2 rings (SSSR count). The van der Waals surface area contributed by atoms with Crippen LogP contribution in [-0.2, 0) is 0 Å². The minimum Gasteiger partial charge on any atom is -0.475 e. The summed E-state index contributed by atoms with van der Waals surface area (Å²) in [6.45, 7) is 5.93. The van der Waals surface area contributed by atoms with Crippen LogP contribution >= 0.6 is 0 Å². The molecule has 0 aromatic carbocycles. The largest absolute Gasteiger partial charge is 0.475 e. The number of pyridine rings is 2. The zero-order chi connectivity index (χ0) is 14.5. The fourth-order valence-corrected chi connectivity index (χ4v) is 1.79. The van der Waals surface area contributed by atoms with Gasteiger partial charge in [-0.15, -0.1) is 0 Å². The van der Waals surface area contributed by atoms with E-state index in [4.69, 9.17) is 10.5 Å². The number of ether oxygens (including phenoxy) is 1. The second kappa shape index (κ2) is 6.23. The molecule has 0 saturated heterocycles. The number of nitrogen functional groups attached to an aromatic ring is 1. The molecule has 0 amide bonds. The molecular weight excluding hydrogens is 252 g/mol. The second-order valence-electron chi connectivity index (χ2n) is 4.87. The van der Waals surface area contributed by atoms with Gasteiger partial charge in [-0.2, -0.15) is 4.98 Å². The van der Waals surface area contributed by atoms with Crippen LogP contribution in [0.5, 0.6) is 5.88 Å². The zero-order valence-electron chi connectivity index (χ0n) is 12.0. The van der Waals surface area contributed by atoms with E-state index in [1.54, 1.807) is 18.3 Å². The lowest BCUT2D eigenvalue weighted by Crippen LogP contribution is -2.13. The first-order chi connectivity index (χ1) is 9.56. The van der Waals surface area contributed by atoms with Crippen LogP contribution in [0.2, 0.25) is 0 Å². The maximum atomic E-state index is 5.95. The number of rotatable bonds is 5. The number of nitrogens with two attached hydrogens (primary N) is 1. The van der Waals surface area contributed by atoms with E-state index in [9.17, 15) is 0 Å². The average molecular weight is 272 g/mol. The van der Waals surface area contributed by atoms with Gasteiger partial charge < -0.3 is 15.8 Å². The van der Waals surface area contributed by atoms with Gasteiger partial charge >= 0.3 is 0 Å².